The quantitative estimate of drug-likeness (QED) is 0.210. The highest BCUT2D eigenvalue weighted by molar-refractivity contribution is 5.87. The van der Waals surface area contributed by atoms with Gasteiger partial charge in [0.1, 0.15) is 6.29 Å². The standard InChI is InChI=1S/C33H39FN4O3/c1-21-27-7-3-5-23(12-14-29(34)41-2)32(27)37-31(21)26-6-4-17-38(20-26)33(28(35)16-18-39)24-10-8-22(9-11-24)25-13-15-30(40)36-19-25/h3,5,7-11,13,15,18-19,26,28-29,33,37H,4,6,12,14,16-17,20,35H2,1-2H3,(H,36,40)/t26-,28?,29?,33?/m1/s1. The Labute approximate surface area is 239 Å². The molecule has 0 saturated carbocycles. The van der Waals surface area contributed by atoms with E-state index in [1.54, 1.807) is 12.3 Å². The summed E-state index contributed by atoms with van der Waals surface area (Å²) in [6, 6.07) is 17.4. The van der Waals surface area contributed by atoms with Gasteiger partial charge in [0.2, 0.25) is 5.56 Å². The molecule has 5 rings (SSSR count). The SMILES string of the molecule is COC(F)CCc1cccc2c(C)c([C@@H]3CCCN(C(c4ccc(-c5ccc(=O)[nH]c5)cc4)C(N)CC=O)C3)[nH]c12. The van der Waals surface area contributed by atoms with Gasteiger partial charge in [0.25, 0.3) is 0 Å². The van der Waals surface area contributed by atoms with Crippen molar-refractivity contribution in [3.8, 4) is 11.1 Å². The van der Waals surface area contributed by atoms with Crippen LogP contribution in [0.2, 0.25) is 0 Å². The van der Waals surface area contributed by atoms with Crippen LogP contribution in [0.25, 0.3) is 22.0 Å². The molecular formula is C33H39FN4O3. The van der Waals surface area contributed by atoms with Crippen LogP contribution in [0.15, 0.2) is 65.6 Å². The van der Waals surface area contributed by atoms with Crippen molar-refractivity contribution >= 4 is 17.2 Å². The molecule has 4 aromatic rings. The largest absolute Gasteiger partial charge is 0.358 e. The first kappa shape index (κ1) is 28.9. The number of alkyl halides is 1. The Morgan fingerprint density at radius 3 is 2.63 bits per heavy atom. The molecule has 41 heavy (non-hydrogen) atoms. The van der Waals surface area contributed by atoms with Crippen molar-refractivity contribution in [3.63, 3.8) is 0 Å². The number of benzene rings is 2. The van der Waals surface area contributed by atoms with E-state index in [2.05, 4.69) is 46.1 Å². The van der Waals surface area contributed by atoms with E-state index >= 15 is 0 Å². The topological polar surface area (TPSA) is 104 Å². The van der Waals surface area contributed by atoms with Crippen molar-refractivity contribution in [3.05, 3.63) is 93.5 Å². The van der Waals surface area contributed by atoms with Crippen LogP contribution < -0.4 is 11.3 Å². The summed E-state index contributed by atoms with van der Waals surface area (Å²) in [5, 5.41) is 1.18. The molecule has 1 aliphatic rings. The summed E-state index contributed by atoms with van der Waals surface area (Å²) in [6.45, 7) is 3.88. The van der Waals surface area contributed by atoms with E-state index in [4.69, 9.17) is 10.5 Å². The molecule has 0 amide bonds. The second kappa shape index (κ2) is 12.9. The second-order valence-electron chi connectivity index (χ2n) is 11.1. The minimum absolute atomic E-state index is 0.108. The lowest BCUT2D eigenvalue weighted by atomic mass is 9.88. The van der Waals surface area contributed by atoms with E-state index in [9.17, 15) is 14.0 Å². The summed E-state index contributed by atoms with van der Waals surface area (Å²) in [5.74, 6) is 0.281. The van der Waals surface area contributed by atoms with Crippen LogP contribution in [0.1, 0.15) is 60.0 Å². The Kier molecular flexibility index (Phi) is 9.12. The number of nitrogens with zero attached hydrogens (tertiary/aromatic N) is 1. The minimum atomic E-state index is -1.27. The van der Waals surface area contributed by atoms with Crippen molar-refractivity contribution in [1.82, 2.24) is 14.9 Å². The molecule has 8 heteroatoms. The molecular weight excluding hydrogens is 519 g/mol. The number of likely N-dealkylation sites (tertiary alicyclic amines) is 1. The molecule has 4 N–H and O–H groups in total. The Morgan fingerprint density at radius 2 is 1.93 bits per heavy atom. The van der Waals surface area contributed by atoms with Crippen molar-refractivity contribution in [2.24, 2.45) is 5.73 Å². The number of hydrogen-bond donors (Lipinski definition) is 3. The van der Waals surface area contributed by atoms with E-state index in [1.807, 2.05) is 18.2 Å². The first-order valence-corrected chi connectivity index (χ1v) is 14.4. The van der Waals surface area contributed by atoms with E-state index in [1.165, 1.54) is 29.8 Å². The highest BCUT2D eigenvalue weighted by atomic mass is 19.1. The smallest absolute Gasteiger partial charge is 0.247 e. The molecule has 0 spiro atoms. The van der Waals surface area contributed by atoms with Gasteiger partial charge in [-0.1, -0.05) is 42.5 Å². The average Bonchev–Trinajstić information content (AvgIpc) is 3.34. The number of aryl methyl sites for hydroxylation is 2. The number of aldehydes is 1. The first-order chi connectivity index (χ1) is 19.9. The number of halogens is 1. The number of fused-ring (bicyclic) bond motifs is 1. The van der Waals surface area contributed by atoms with Crippen LogP contribution in [-0.4, -0.2) is 53.8 Å². The highest BCUT2D eigenvalue weighted by Gasteiger charge is 2.33. The fraction of sp³-hybridized carbons (Fsp3) is 0.394. The maximum Gasteiger partial charge on any atom is 0.247 e. The summed E-state index contributed by atoms with van der Waals surface area (Å²) in [7, 11) is 1.39. The number of carbonyl (C=O) groups is 1. The summed E-state index contributed by atoms with van der Waals surface area (Å²) >= 11 is 0. The van der Waals surface area contributed by atoms with Crippen molar-refractivity contribution in [1.29, 1.82) is 0 Å². The highest BCUT2D eigenvalue weighted by Crippen LogP contribution is 2.38. The summed E-state index contributed by atoms with van der Waals surface area (Å²) in [4.78, 5) is 31.9. The van der Waals surface area contributed by atoms with Crippen LogP contribution in [-0.2, 0) is 16.0 Å². The van der Waals surface area contributed by atoms with Crippen molar-refractivity contribution < 1.29 is 13.9 Å². The normalized spacial score (nSPS) is 18.3. The fourth-order valence-electron chi connectivity index (χ4n) is 6.36. The molecule has 1 saturated heterocycles. The summed E-state index contributed by atoms with van der Waals surface area (Å²) < 4.78 is 18.6. The lowest BCUT2D eigenvalue weighted by molar-refractivity contribution is -0.108. The van der Waals surface area contributed by atoms with Gasteiger partial charge in [0.05, 0.1) is 6.04 Å². The third kappa shape index (κ3) is 6.35. The van der Waals surface area contributed by atoms with Crippen molar-refractivity contribution in [2.75, 3.05) is 20.2 Å². The number of pyridine rings is 1. The molecule has 3 unspecified atom stereocenters. The maximum absolute atomic E-state index is 13.8. The lowest BCUT2D eigenvalue weighted by Crippen LogP contribution is -2.45. The zero-order valence-corrected chi connectivity index (χ0v) is 23.7. The third-order valence-electron chi connectivity index (χ3n) is 8.51. The molecule has 4 atom stereocenters. The number of aromatic amines is 2. The zero-order valence-electron chi connectivity index (χ0n) is 23.7. The van der Waals surface area contributed by atoms with Gasteiger partial charge in [-0.25, -0.2) is 4.39 Å². The van der Waals surface area contributed by atoms with Crippen LogP contribution in [0.3, 0.4) is 0 Å². The predicted octanol–water partition coefficient (Wildman–Crippen LogP) is 5.54. The van der Waals surface area contributed by atoms with Gasteiger partial charge in [-0.3, -0.25) is 9.69 Å². The molecule has 0 bridgehead atoms. The summed E-state index contributed by atoms with van der Waals surface area (Å²) in [6.07, 6.45) is 4.61. The Bertz CT molecular complexity index is 1510. The number of para-hydroxylation sites is 1. The van der Waals surface area contributed by atoms with Gasteiger partial charge in [0.15, 0.2) is 6.36 Å². The van der Waals surface area contributed by atoms with E-state index in [0.717, 1.165) is 60.0 Å². The number of carbonyl (C=O) groups excluding carboxylic acids is 1. The molecule has 3 heterocycles. The molecule has 7 nitrogen and oxygen atoms in total. The van der Waals surface area contributed by atoms with Crippen LogP contribution >= 0.6 is 0 Å². The molecule has 216 valence electrons. The number of nitrogens with one attached hydrogen (secondary N) is 2. The molecule has 2 aromatic carbocycles. The summed E-state index contributed by atoms with van der Waals surface area (Å²) in [5.41, 5.74) is 14.2. The molecule has 0 radical (unpaired) electrons. The lowest BCUT2D eigenvalue weighted by Gasteiger charge is -2.41. The average molecular weight is 559 g/mol. The van der Waals surface area contributed by atoms with Crippen LogP contribution in [0.4, 0.5) is 4.39 Å². The predicted molar refractivity (Wildman–Crippen MR) is 161 cm³/mol. The number of rotatable bonds is 11. The maximum atomic E-state index is 13.8. The zero-order chi connectivity index (χ0) is 28.9. The number of aromatic nitrogens is 2. The van der Waals surface area contributed by atoms with Gasteiger partial charge in [-0.2, -0.15) is 0 Å². The van der Waals surface area contributed by atoms with Gasteiger partial charge in [0, 0.05) is 67.3 Å². The number of nitrogens with two attached hydrogens (primary N) is 1. The van der Waals surface area contributed by atoms with E-state index in [-0.39, 0.29) is 30.0 Å². The molecule has 1 fully saturated rings. The van der Waals surface area contributed by atoms with Crippen LogP contribution in [0.5, 0.6) is 0 Å². The molecule has 1 aliphatic heterocycles. The van der Waals surface area contributed by atoms with Gasteiger partial charge in [-0.15, -0.1) is 0 Å². The number of hydrogen-bond acceptors (Lipinski definition) is 5. The van der Waals surface area contributed by atoms with Crippen LogP contribution in [0, 0.1) is 6.92 Å². The van der Waals surface area contributed by atoms with Gasteiger partial charge >= 0.3 is 0 Å². The Hall–Kier alpha value is -3.59. The number of ether oxygens (including phenoxy) is 1. The van der Waals surface area contributed by atoms with E-state index < -0.39 is 6.36 Å². The minimum Gasteiger partial charge on any atom is -0.358 e. The Balaban J connectivity index is 1.41. The Morgan fingerprint density at radius 1 is 1.15 bits per heavy atom. The van der Waals surface area contributed by atoms with Gasteiger partial charge in [-0.05, 0) is 66.6 Å². The monoisotopic (exact) mass is 558 g/mol. The van der Waals surface area contributed by atoms with Gasteiger partial charge < -0.3 is 25.2 Å². The molecule has 0 aliphatic carbocycles. The molecule has 2 aromatic heterocycles. The first-order valence-electron chi connectivity index (χ1n) is 14.4. The third-order valence-corrected chi connectivity index (χ3v) is 8.51. The van der Waals surface area contributed by atoms with E-state index in [0.29, 0.717) is 12.8 Å². The van der Waals surface area contributed by atoms with Crippen molar-refractivity contribution in [2.45, 2.75) is 63.4 Å². The number of H-pyrrole nitrogens is 2. The fourth-order valence-corrected chi connectivity index (χ4v) is 6.36. The number of piperidine rings is 1. The second-order valence-corrected chi connectivity index (χ2v) is 11.1. The number of methoxy groups -OCH3 is 1.